The van der Waals surface area contributed by atoms with Gasteiger partial charge in [0.05, 0.1) is 11.1 Å². The van der Waals surface area contributed by atoms with Crippen LogP contribution in [0.1, 0.15) is 64.1 Å². The Labute approximate surface area is 218 Å². The second-order valence-corrected chi connectivity index (χ2v) is 10.0. The summed E-state index contributed by atoms with van der Waals surface area (Å²) in [6.45, 7) is 1.44. The van der Waals surface area contributed by atoms with Gasteiger partial charge < -0.3 is 25.3 Å². The van der Waals surface area contributed by atoms with Gasteiger partial charge in [0.1, 0.15) is 28.1 Å². The van der Waals surface area contributed by atoms with E-state index in [0.29, 0.717) is 34.3 Å². The monoisotopic (exact) mass is 531 g/mol. The van der Waals surface area contributed by atoms with Crippen LogP contribution in [0.25, 0.3) is 5.65 Å². The molecule has 4 heterocycles. The highest BCUT2D eigenvalue weighted by Crippen LogP contribution is 2.35. The summed E-state index contributed by atoms with van der Waals surface area (Å²) in [6.07, 6.45) is 7.23. The highest BCUT2D eigenvalue weighted by Gasteiger charge is 2.34. The average molecular weight is 532 g/mol. The van der Waals surface area contributed by atoms with Gasteiger partial charge in [-0.25, -0.2) is 9.97 Å². The number of likely N-dealkylation sites (N-methyl/N-ethyl adjacent to an activating group) is 1. The van der Waals surface area contributed by atoms with Gasteiger partial charge in [-0.1, -0.05) is 11.6 Å². The zero-order chi connectivity index (χ0) is 25.7. The van der Waals surface area contributed by atoms with Crippen LogP contribution in [-0.4, -0.2) is 70.2 Å². The maximum atomic E-state index is 13.3. The molecule has 192 valence electrons. The number of amides is 3. The van der Waals surface area contributed by atoms with E-state index in [1.807, 2.05) is 7.05 Å². The molecule has 1 fully saturated rings. The standard InChI is InChI=1S/C24H30ClN7O3S/c1-26-10-4-3-6-16(21(33)27-2)29-22(34)18-14-36-23(30-18)19-7-5-11-32(19)24(35)17-13-31-12-15(25)8-9-20(31)28-17/h8-9,12-14,16,19,26H,3-7,10-11H2,1-2H3,(H,27,33)(H,29,34). The molecule has 1 saturated heterocycles. The van der Waals surface area contributed by atoms with Gasteiger partial charge in [-0.3, -0.25) is 14.4 Å². The number of carbonyl (C=O) groups is 3. The predicted molar refractivity (Wildman–Crippen MR) is 138 cm³/mol. The predicted octanol–water partition coefficient (Wildman–Crippen LogP) is 2.66. The Morgan fingerprint density at radius 1 is 1.17 bits per heavy atom. The van der Waals surface area contributed by atoms with E-state index in [0.717, 1.165) is 32.2 Å². The maximum absolute atomic E-state index is 13.3. The van der Waals surface area contributed by atoms with Gasteiger partial charge in [-0.05, 0) is 57.8 Å². The third kappa shape index (κ3) is 5.85. The van der Waals surface area contributed by atoms with E-state index in [1.54, 1.807) is 46.3 Å². The molecule has 0 saturated carbocycles. The molecule has 0 radical (unpaired) electrons. The van der Waals surface area contributed by atoms with E-state index in [4.69, 9.17) is 11.6 Å². The number of aromatic nitrogens is 3. The Kier molecular flexibility index (Phi) is 8.55. The Balaban J connectivity index is 1.44. The summed E-state index contributed by atoms with van der Waals surface area (Å²) in [5, 5.41) is 11.4. The van der Waals surface area contributed by atoms with Crippen molar-refractivity contribution >= 4 is 46.3 Å². The second-order valence-electron chi connectivity index (χ2n) is 8.71. The third-order valence-electron chi connectivity index (χ3n) is 6.23. The third-order valence-corrected chi connectivity index (χ3v) is 7.39. The van der Waals surface area contributed by atoms with Gasteiger partial charge in [-0.2, -0.15) is 0 Å². The molecule has 3 N–H and O–H groups in total. The summed E-state index contributed by atoms with van der Waals surface area (Å²) in [7, 11) is 3.43. The van der Waals surface area contributed by atoms with Crippen molar-refractivity contribution in [3.05, 3.63) is 51.3 Å². The van der Waals surface area contributed by atoms with Gasteiger partial charge in [0.15, 0.2) is 0 Å². The number of rotatable bonds is 10. The zero-order valence-electron chi connectivity index (χ0n) is 20.3. The number of fused-ring (bicyclic) bond motifs is 1. The molecule has 36 heavy (non-hydrogen) atoms. The Hall–Kier alpha value is -3.02. The fourth-order valence-electron chi connectivity index (χ4n) is 4.35. The average Bonchev–Trinajstić information content (AvgIpc) is 3.63. The highest BCUT2D eigenvalue weighted by atomic mass is 35.5. The molecule has 0 aliphatic carbocycles. The van der Waals surface area contributed by atoms with Crippen LogP contribution < -0.4 is 16.0 Å². The zero-order valence-corrected chi connectivity index (χ0v) is 21.9. The van der Waals surface area contributed by atoms with Crippen molar-refractivity contribution < 1.29 is 14.4 Å². The minimum absolute atomic E-state index is 0.181. The van der Waals surface area contributed by atoms with Crippen LogP contribution in [0.2, 0.25) is 5.02 Å². The van der Waals surface area contributed by atoms with Crippen LogP contribution in [0.5, 0.6) is 0 Å². The lowest BCUT2D eigenvalue weighted by Gasteiger charge is -2.22. The first-order chi connectivity index (χ1) is 17.4. The molecule has 10 nitrogen and oxygen atoms in total. The van der Waals surface area contributed by atoms with Gasteiger partial charge in [0, 0.05) is 31.4 Å². The number of hydrogen-bond acceptors (Lipinski definition) is 7. The number of nitrogens with zero attached hydrogens (tertiary/aromatic N) is 4. The minimum Gasteiger partial charge on any atom is -0.357 e. The van der Waals surface area contributed by atoms with Crippen LogP contribution in [0.15, 0.2) is 29.9 Å². The van der Waals surface area contributed by atoms with Crippen LogP contribution in [0.4, 0.5) is 0 Å². The van der Waals surface area contributed by atoms with Crippen molar-refractivity contribution in [2.45, 2.75) is 44.2 Å². The molecule has 3 amide bonds. The van der Waals surface area contributed by atoms with Crippen LogP contribution in [-0.2, 0) is 4.79 Å². The van der Waals surface area contributed by atoms with Crippen LogP contribution >= 0.6 is 22.9 Å². The van der Waals surface area contributed by atoms with Gasteiger partial charge in [-0.15, -0.1) is 11.3 Å². The molecule has 0 bridgehead atoms. The van der Waals surface area contributed by atoms with Crippen LogP contribution in [0.3, 0.4) is 0 Å². The molecular formula is C24H30ClN7O3S. The molecule has 3 aromatic rings. The lowest BCUT2D eigenvalue weighted by molar-refractivity contribution is -0.122. The number of carbonyl (C=O) groups excluding carboxylic acids is 3. The number of unbranched alkanes of at least 4 members (excludes halogenated alkanes) is 1. The summed E-state index contributed by atoms with van der Waals surface area (Å²) < 4.78 is 1.73. The largest absolute Gasteiger partial charge is 0.357 e. The van der Waals surface area contributed by atoms with Crippen molar-refractivity contribution in [1.29, 1.82) is 0 Å². The number of halogens is 1. The Morgan fingerprint density at radius 3 is 2.78 bits per heavy atom. The fourth-order valence-corrected chi connectivity index (χ4v) is 5.47. The maximum Gasteiger partial charge on any atom is 0.274 e. The molecule has 4 rings (SSSR count). The highest BCUT2D eigenvalue weighted by molar-refractivity contribution is 7.09. The molecule has 2 unspecified atom stereocenters. The molecule has 2 atom stereocenters. The van der Waals surface area contributed by atoms with E-state index in [-0.39, 0.29) is 23.6 Å². The summed E-state index contributed by atoms with van der Waals surface area (Å²) >= 11 is 7.40. The molecule has 0 spiro atoms. The summed E-state index contributed by atoms with van der Waals surface area (Å²) in [4.78, 5) is 49.2. The molecule has 12 heteroatoms. The van der Waals surface area contributed by atoms with E-state index in [9.17, 15) is 14.4 Å². The molecule has 1 aliphatic rings. The van der Waals surface area contributed by atoms with Gasteiger partial charge >= 0.3 is 0 Å². The summed E-state index contributed by atoms with van der Waals surface area (Å²) in [6, 6.07) is 2.64. The van der Waals surface area contributed by atoms with Crippen LogP contribution in [0, 0.1) is 0 Å². The van der Waals surface area contributed by atoms with Crippen molar-refractivity contribution in [1.82, 2.24) is 35.2 Å². The number of pyridine rings is 1. The van der Waals surface area contributed by atoms with Gasteiger partial charge in [0.25, 0.3) is 11.8 Å². The van der Waals surface area contributed by atoms with Gasteiger partial charge in [0.2, 0.25) is 5.91 Å². The van der Waals surface area contributed by atoms with Crippen molar-refractivity contribution in [2.24, 2.45) is 0 Å². The first-order valence-corrected chi connectivity index (χ1v) is 13.2. The van der Waals surface area contributed by atoms with Crippen molar-refractivity contribution in [3.8, 4) is 0 Å². The molecule has 1 aliphatic heterocycles. The Bertz CT molecular complexity index is 1240. The van der Waals surface area contributed by atoms with Crippen molar-refractivity contribution in [2.75, 3.05) is 27.2 Å². The minimum atomic E-state index is -0.627. The summed E-state index contributed by atoms with van der Waals surface area (Å²) in [5.74, 6) is -0.808. The number of imidazole rings is 1. The smallest absolute Gasteiger partial charge is 0.274 e. The van der Waals surface area contributed by atoms with Crippen molar-refractivity contribution in [3.63, 3.8) is 0 Å². The topological polar surface area (TPSA) is 121 Å². The first kappa shape index (κ1) is 26.1. The first-order valence-electron chi connectivity index (χ1n) is 12.0. The normalized spacial score (nSPS) is 16.3. The van der Waals surface area contributed by atoms with E-state index in [1.165, 1.54) is 11.3 Å². The lowest BCUT2D eigenvalue weighted by atomic mass is 10.1. The molecule has 3 aromatic heterocycles. The fraction of sp³-hybridized carbons (Fsp3) is 0.458. The Morgan fingerprint density at radius 2 is 2.00 bits per heavy atom. The number of likely N-dealkylation sites (tertiary alicyclic amines) is 1. The molecule has 0 aromatic carbocycles. The molecular weight excluding hydrogens is 502 g/mol. The lowest BCUT2D eigenvalue weighted by Crippen LogP contribution is -2.45. The second kappa shape index (κ2) is 11.8. The SMILES string of the molecule is CNCCCCC(NC(=O)c1csc(C2CCCN2C(=O)c2cn3cc(Cl)ccc3n2)n1)C(=O)NC. The number of nitrogens with one attached hydrogen (secondary N) is 3. The quantitative estimate of drug-likeness (QED) is 0.346. The number of thiazole rings is 1. The number of hydrogen-bond donors (Lipinski definition) is 3. The van der Waals surface area contributed by atoms with E-state index >= 15 is 0 Å². The summed E-state index contributed by atoms with van der Waals surface area (Å²) in [5.41, 5.74) is 1.23. The van der Waals surface area contributed by atoms with E-state index < -0.39 is 11.9 Å². The van der Waals surface area contributed by atoms with E-state index in [2.05, 4.69) is 25.9 Å².